The van der Waals surface area contributed by atoms with Gasteiger partial charge in [0.1, 0.15) is 5.82 Å². The monoisotopic (exact) mass is 252 g/mol. The summed E-state index contributed by atoms with van der Waals surface area (Å²) in [5.74, 6) is 2.47. The first-order valence-electron chi connectivity index (χ1n) is 6.91. The molecule has 18 heavy (non-hydrogen) atoms. The summed E-state index contributed by atoms with van der Waals surface area (Å²) in [6, 6.07) is 0. The third-order valence-corrected chi connectivity index (χ3v) is 4.00. The average Bonchev–Trinajstić information content (AvgIpc) is 3.18. The number of aryl methyl sites for hydroxylation is 2. The zero-order valence-electron chi connectivity index (χ0n) is 11.6. The van der Waals surface area contributed by atoms with Crippen LogP contribution in [0.1, 0.15) is 38.3 Å². The van der Waals surface area contributed by atoms with Crippen molar-refractivity contribution in [3.63, 3.8) is 0 Å². The van der Waals surface area contributed by atoms with Gasteiger partial charge in [0.15, 0.2) is 5.82 Å². The summed E-state index contributed by atoms with van der Waals surface area (Å²) in [4.78, 5) is 4.52. The maximum Gasteiger partial charge on any atom is 0.150 e. The molecular weight excluding hydrogens is 228 g/mol. The van der Waals surface area contributed by atoms with E-state index in [2.05, 4.69) is 29.2 Å². The predicted octanol–water partition coefficient (Wildman–Crippen LogP) is 0.763. The third-order valence-electron chi connectivity index (χ3n) is 4.00. The second-order valence-electron chi connectivity index (χ2n) is 5.15. The molecule has 1 aromatic heterocycles. The fourth-order valence-corrected chi connectivity index (χ4v) is 2.54. The van der Waals surface area contributed by atoms with Crippen molar-refractivity contribution in [3.05, 3.63) is 11.6 Å². The predicted molar refractivity (Wildman–Crippen MR) is 70.4 cm³/mol. The summed E-state index contributed by atoms with van der Waals surface area (Å²) in [7, 11) is 1.93. The van der Waals surface area contributed by atoms with Crippen molar-refractivity contribution < 1.29 is 5.11 Å². The van der Waals surface area contributed by atoms with Crippen LogP contribution in [-0.2, 0) is 19.4 Å². The maximum atomic E-state index is 9.75. The Morgan fingerprint density at radius 3 is 2.56 bits per heavy atom. The van der Waals surface area contributed by atoms with E-state index in [1.54, 1.807) is 0 Å². The van der Waals surface area contributed by atoms with Crippen molar-refractivity contribution in [2.75, 3.05) is 13.7 Å². The summed E-state index contributed by atoms with van der Waals surface area (Å²) in [5.41, 5.74) is -0.234. The number of hydrogen-bond acceptors (Lipinski definition) is 4. The van der Waals surface area contributed by atoms with Crippen molar-refractivity contribution in [1.29, 1.82) is 0 Å². The molecule has 0 amide bonds. The Kier molecular flexibility index (Phi) is 4.02. The van der Waals surface area contributed by atoms with E-state index in [1.165, 1.54) is 12.8 Å². The topological polar surface area (TPSA) is 63.0 Å². The summed E-state index contributed by atoms with van der Waals surface area (Å²) in [6.45, 7) is 5.02. The Labute approximate surface area is 109 Å². The van der Waals surface area contributed by atoms with E-state index in [1.807, 2.05) is 11.7 Å². The second-order valence-corrected chi connectivity index (χ2v) is 5.15. The standard InChI is InChI=1S/C13H24N4O/c1-4-11-15-12(5-2)17(16-11)8-13(9-18,14-3)10-6-7-10/h10,14,18H,4-9H2,1-3H3. The van der Waals surface area contributed by atoms with E-state index in [9.17, 15) is 5.11 Å². The van der Waals surface area contributed by atoms with Crippen LogP contribution in [0.15, 0.2) is 0 Å². The highest BCUT2D eigenvalue weighted by Gasteiger charge is 2.44. The molecule has 1 atom stereocenters. The molecule has 0 spiro atoms. The largest absolute Gasteiger partial charge is 0.394 e. The van der Waals surface area contributed by atoms with Crippen LogP contribution in [0, 0.1) is 5.92 Å². The minimum atomic E-state index is -0.234. The summed E-state index contributed by atoms with van der Waals surface area (Å²) in [5, 5.41) is 17.6. The smallest absolute Gasteiger partial charge is 0.150 e. The van der Waals surface area contributed by atoms with Gasteiger partial charge in [-0.1, -0.05) is 13.8 Å². The van der Waals surface area contributed by atoms with E-state index in [-0.39, 0.29) is 12.1 Å². The van der Waals surface area contributed by atoms with Crippen LogP contribution >= 0.6 is 0 Å². The number of hydrogen-bond donors (Lipinski definition) is 2. The van der Waals surface area contributed by atoms with Crippen molar-refractivity contribution in [2.45, 2.75) is 51.6 Å². The van der Waals surface area contributed by atoms with Gasteiger partial charge in [-0.2, -0.15) is 5.10 Å². The SMILES string of the molecule is CCc1nc(CC)n(CC(CO)(NC)C2CC2)n1. The van der Waals surface area contributed by atoms with Gasteiger partial charge in [0.2, 0.25) is 0 Å². The first-order valence-corrected chi connectivity index (χ1v) is 6.91. The lowest BCUT2D eigenvalue weighted by molar-refractivity contribution is 0.125. The first kappa shape index (κ1) is 13.5. The van der Waals surface area contributed by atoms with Crippen LogP contribution in [0.5, 0.6) is 0 Å². The van der Waals surface area contributed by atoms with Gasteiger partial charge in [-0.05, 0) is 25.8 Å². The highest BCUT2D eigenvalue weighted by molar-refractivity contribution is 5.02. The number of likely N-dealkylation sites (N-methyl/N-ethyl adjacent to an activating group) is 1. The van der Waals surface area contributed by atoms with E-state index >= 15 is 0 Å². The molecule has 1 fully saturated rings. The molecule has 2 rings (SSSR count). The van der Waals surface area contributed by atoms with Crippen molar-refractivity contribution in [1.82, 2.24) is 20.1 Å². The molecule has 0 aromatic carbocycles. The molecule has 5 nitrogen and oxygen atoms in total. The third kappa shape index (κ3) is 2.42. The summed E-state index contributed by atoms with van der Waals surface area (Å²) < 4.78 is 1.98. The number of nitrogens with one attached hydrogen (secondary N) is 1. The minimum absolute atomic E-state index is 0.151. The van der Waals surface area contributed by atoms with Gasteiger partial charge >= 0.3 is 0 Å². The Balaban J connectivity index is 2.22. The van der Waals surface area contributed by atoms with E-state index in [0.717, 1.165) is 24.5 Å². The number of aliphatic hydroxyl groups excluding tert-OH is 1. The number of nitrogens with zero attached hydrogens (tertiary/aromatic N) is 3. The number of aromatic nitrogens is 3. The minimum Gasteiger partial charge on any atom is -0.394 e. The summed E-state index contributed by atoms with van der Waals surface area (Å²) in [6.07, 6.45) is 4.12. The Morgan fingerprint density at radius 2 is 2.11 bits per heavy atom. The fraction of sp³-hybridized carbons (Fsp3) is 0.846. The quantitative estimate of drug-likeness (QED) is 0.752. The number of aliphatic hydroxyl groups is 1. The molecule has 1 aromatic rings. The zero-order valence-corrected chi connectivity index (χ0v) is 11.6. The second kappa shape index (κ2) is 5.36. The number of rotatable bonds is 7. The average molecular weight is 252 g/mol. The van der Waals surface area contributed by atoms with Crippen molar-refractivity contribution in [3.8, 4) is 0 Å². The Bertz CT molecular complexity index is 394. The molecule has 1 saturated carbocycles. The van der Waals surface area contributed by atoms with E-state index in [0.29, 0.717) is 12.5 Å². The van der Waals surface area contributed by atoms with Gasteiger partial charge in [0, 0.05) is 12.8 Å². The molecule has 1 unspecified atom stereocenters. The van der Waals surface area contributed by atoms with Gasteiger partial charge < -0.3 is 10.4 Å². The molecule has 0 aliphatic heterocycles. The van der Waals surface area contributed by atoms with Crippen LogP contribution in [0.3, 0.4) is 0 Å². The molecule has 1 aliphatic carbocycles. The van der Waals surface area contributed by atoms with Crippen LogP contribution in [0.25, 0.3) is 0 Å². The lowest BCUT2D eigenvalue weighted by atomic mass is 9.94. The van der Waals surface area contributed by atoms with E-state index < -0.39 is 0 Å². The van der Waals surface area contributed by atoms with Gasteiger partial charge in [-0.15, -0.1) is 0 Å². The molecule has 1 heterocycles. The molecule has 0 bridgehead atoms. The maximum absolute atomic E-state index is 9.75. The zero-order chi connectivity index (χ0) is 13.2. The molecule has 0 radical (unpaired) electrons. The molecule has 5 heteroatoms. The van der Waals surface area contributed by atoms with Crippen LogP contribution < -0.4 is 5.32 Å². The normalized spacial score (nSPS) is 18.9. The van der Waals surface area contributed by atoms with Gasteiger partial charge in [0.05, 0.1) is 18.7 Å². The van der Waals surface area contributed by atoms with E-state index in [4.69, 9.17) is 0 Å². The van der Waals surface area contributed by atoms with Crippen LogP contribution in [0.4, 0.5) is 0 Å². The lowest BCUT2D eigenvalue weighted by Crippen LogP contribution is -2.52. The van der Waals surface area contributed by atoms with Gasteiger partial charge in [0.25, 0.3) is 0 Å². The highest BCUT2D eigenvalue weighted by Crippen LogP contribution is 2.40. The highest BCUT2D eigenvalue weighted by atomic mass is 16.3. The lowest BCUT2D eigenvalue weighted by Gasteiger charge is -2.32. The molecule has 1 aliphatic rings. The van der Waals surface area contributed by atoms with Crippen LogP contribution in [0.2, 0.25) is 0 Å². The Hall–Kier alpha value is -0.940. The van der Waals surface area contributed by atoms with Crippen LogP contribution in [-0.4, -0.2) is 39.1 Å². The van der Waals surface area contributed by atoms with Gasteiger partial charge in [-0.3, -0.25) is 0 Å². The summed E-state index contributed by atoms with van der Waals surface area (Å²) >= 11 is 0. The fourth-order valence-electron chi connectivity index (χ4n) is 2.54. The van der Waals surface area contributed by atoms with Gasteiger partial charge in [-0.25, -0.2) is 9.67 Å². The Morgan fingerprint density at radius 1 is 1.39 bits per heavy atom. The van der Waals surface area contributed by atoms with Crippen molar-refractivity contribution in [2.24, 2.45) is 5.92 Å². The molecule has 102 valence electrons. The first-order chi connectivity index (χ1) is 8.69. The molecular formula is C13H24N4O. The molecule has 0 saturated heterocycles. The van der Waals surface area contributed by atoms with Crippen molar-refractivity contribution >= 4 is 0 Å². The molecule has 2 N–H and O–H groups in total.